The first kappa shape index (κ1) is 21.0. The van der Waals surface area contributed by atoms with Gasteiger partial charge in [0, 0.05) is 18.0 Å². The fraction of sp³-hybridized carbons (Fsp3) is 0.562. The van der Waals surface area contributed by atoms with E-state index in [0.29, 0.717) is 5.02 Å². The molecule has 1 amide bonds. The van der Waals surface area contributed by atoms with E-state index in [0.717, 1.165) is 23.6 Å². The molecule has 0 aromatic heterocycles. The predicted molar refractivity (Wildman–Crippen MR) is 91.0 cm³/mol. The summed E-state index contributed by atoms with van der Waals surface area (Å²) in [4.78, 5) is 11.7. The maximum absolute atomic E-state index is 13.0. The van der Waals surface area contributed by atoms with Crippen LogP contribution in [0.2, 0.25) is 5.02 Å². The van der Waals surface area contributed by atoms with Crippen molar-refractivity contribution in [2.75, 3.05) is 6.54 Å². The van der Waals surface area contributed by atoms with Gasteiger partial charge in [-0.25, -0.2) is 8.42 Å². The average Bonchev–Trinajstić information content (AvgIpc) is 2.47. The van der Waals surface area contributed by atoms with Crippen molar-refractivity contribution in [1.29, 1.82) is 0 Å². The van der Waals surface area contributed by atoms with Gasteiger partial charge in [-0.3, -0.25) is 4.79 Å². The number of primary amides is 1. The number of nitrogens with two attached hydrogens (primary N) is 1. The third kappa shape index (κ3) is 5.34. The zero-order chi connectivity index (χ0) is 19.5. The molecule has 1 aliphatic carbocycles. The number of alkyl halides is 3. The number of carbonyl (C=O) groups is 1. The molecule has 0 unspecified atom stereocenters. The second-order valence-electron chi connectivity index (χ2n) is 6.40. The van der Waals surface area contributed by atoms with Crippen LogP contribution in [-0.4, -0.2) is 37.4 Å². The number of halogens is 4. The van der Waals surface area contributed by atoms with Crippen LogP contribution in [0.15, 0.2) is 29.2 Å². The van der Waals surface area contributed by atoms with Gasteiger partial charge in [0.2, 0.25) is 15.9 Å². The highest BCUT2D eigenvalue weighted by Gasteiger charge is 2.39. The van der Waals surface area contributed by atoms with Gasteiger partial charge in [-0.1, -0.05) is 18.0 Å². The molecule has 0 aliphatic heterocycles. The zero-order valence-electron chi connectivity index (χ0n) is 13.9. The van der Waals surface area contributed by atoms with Crippen LogP contribution in [0.4, 0.5) is 13.2 Å². The van der Waals surface area contributed by atoms with Gasteiger partial charge in [0.15, 0.2) is 0 Å². The maximum Gasteiger partial charge on any atom is 0.389 e. The van der Waals surface area contributed by atoms with Crippen LogP contribution < -0.4 is 5.73 Å². The monoisotopic (exact) mass is 412 g/mol. The van der Waals surface area contributed by atoms with E-state index in [1.807, 2.05) is 0 Å². The summed E-state index contributed by atoms with van der Waals surface area (Å²) in [5.41, 5.74) is 5.27. The van der Waals surface area contributed by atoms with Crippen molar-refractivity contribution in [2.45, 2.75) is 49.2 Å². The molecule has 1 fully saturated rings. The molecule has 0 radical (unpaired) electrons. The molecule has 1 aromatic rings. The summed E-state index contributed by atoms with van der Waals surface area (Å²) in [6.45, 7) is -0.0313. The molecule has 10 heteroatoms. The number of rotatable bonds is 8. The Kier molecular flexibility index (Phi) is 6.57. The van der Waals surface area contributed by atoms with Crippen molar-refractivity contribution in [2.24, 2.45) is 11.7 Å². The smallest absolute Gasteiger partial charge is 0.368 e. The van der Waals surface area contributed by atoms with Crippen molar-refractivity contribution < 1.29 is 26.4 Å². The summed E-state index contributed by atoms with van der Waals surface area (Å²) in [5, 5.41) is 0.318. The summed E-state index contributed by atoms with van der Waals surface area (Å²) in [6, 6.07) is 3.69. The van der Waals surface area contributed by atoms with Crippen LogP contribution in [0.5, 0.6) is 0 Å². The molecule has 1 aliphatic rings. The average molecular weight is 413 g/mol. The van der Waals surface area contributed by atoms with Gasteiger partial charge in [0.05, 0.1) is 4.90 Å². The minimum atomic E-state index is -4.51. The Labute approximate surface area is 155 Å². The van der Waals surface area contributed by atoms with Crippen LogP contribution in [-0.2, 0) is 14.8 Å². The second kappa shape index (κ2) is 8.14. The predicted octanol–water partition coefficient (Wildman–Crippen LogP) is 3.33. The Hall–Kier alpha value is -1.32. The van der Waals surface area contributed by atoms with Crippen LogP contribution >= 0.6 is 11.6 Å². The van der Waals surface area contributed by atoms with Crippen molar-refractivity contribution in [1.82, 2.24) is 4.31 Å². The highest BCUT2D eigenvalue weighted by molar-refractivity contribution is 7.89. The number of benzene rings is 1. The third-order valence-corrected chi connectivity index (χ3v) is 6.60. The number of amides is 1. The molecule has 26 heavy (non-hydrogen) atoms. The first-order valence-corrected chi connectivity index (χ1v) is 9.96. The lowest BCUT2D eigenvalue weighted by atomic mass is 9.85. The molecule has 5 nitrogen and oxygen atoms in total. The Morgan fingerprint density at radius 3 is 2.27 bits per heavy atom. The zero-order valence-corrected chi connectivity index (χ0v) is 15.4. The van der Waals surface area contributed by atoms with Gasteiger partial charge in [0.25, 0.3) is 0 Å². The highest BCUT2D eigenvalue weighted by atomic mass is 35.5. The van der Waals surface area contributed by atoms with E-state index in [4.69, 9.17) is 17.3 Å². The largest absolute Gasteiger partial charge is 0.389 e. The first-order chi connectivity index (χ1) is 12.0. The molecular formula is C16H20ClF3N2O3S. The standard InChI is InChI=1S/C16H20ClF3N2O3S/c17-12-4-6-13(7-5-12)26(24,25)22(10-11-2-1-3-11)14(15(21)23)8-9-16(18,19)20/h4-7,11,14H,1-3,8-10H2,(H2,21,23)/t14-/m1/s1. The number of sulfonamides is 1. The number of carbonyl (C=O) groups excluding carboxylic acids is 1. The van der Waals surface area contributed by atoms with E-state index in [9.17, 15) is 26.4 Å². The van der Waals surface area contributed by atoms with Crippen molar-refractivity contribution in [3.05, 3.63) is 29.3 Å². The van der Waals surface area contributed by atoms with Crippen LogP contribution in [0, 0.1) is 5.92 Å². The van der Waals surface area contributed by atoms with Gasteiger partial charge in [-0.05, 0) is 49.4 Å². The van der Waals surface area contributed by atoms with Gasteiger partial charge in [0.1, 0.15) is 6.04 Å². The lowest BCUT2D eigenvalue weighted by molar-refractivity contribution is -0.140. The molecule has 1 saturated carbocycles. The lowest BCUT2D eigenvalue weighted by Crippen LogP contribution is -2.50. The fourth-order valence-electron chi connectivity index (χ4n) is 2.79. The fourth-order valence-corrected chi connectivity index (χ4v) is 4.62. The Morgan fingerprint density at radius 1 is 1.27 bits per heavy atom. The molecule has 0 heterocycles. The Morgan fingerprint density at radius 2 is 1.85 bits per heavy atom. The third-order valence-electron chi connectivity index (χ3n) is 4.46. The number of nitrogens with zero attached hydrogens (tertiary/aromatic N) is 1. The van der Waals surface area contributed by atoms with Crippen LogP contribution in [0.3, 0.4) is 0 Å². The van der Waals surface area contributed by atoms with Crippen molar-refractivity contribution in [3.63, 3.8) is 0 Å². The molecule has 0 bridgehead atoms. The molecule has 0 spiro atoms. The molecule has 2 rings (SSSR count). The summed E-state index contributed by atoms with van der Waals surface area (Å²) in [6.07, 6.45) is -4.08. The molecule has 146 valence electrons. The summed E-state index contributed by atoms with van der Waals surface area (Å²) >= 11 is 5.76. The minimum Gasteiger partial charge on any atom is -0.368 e. The Balaban J connectivity index is 2.35. The van der Waals surface area contributed by atoms with Gasteiger partial charge in [-0.2, -0.15) is 17.5 Å². The quantitative estimate of drug-likeness (QED) is 0.711. The number of hydrogen-bond acceptors (Lipinski definition) is 3. The van der Waals surface area contributed by atoms with E-state index in [2.05, 4.69) is 0 Å². The van der Waals surface area contributed by atoms with Crippen molar-refractivity contribution >= 4 is 27.5 Å². The van der Waals surface area contributed by atoms with E-state index in [-0.39, 0.29) is 17.4 Å². The summed E-state index contributed by atoms with van der Waals surface area (Å²) < 4.78 is 64.6. The molecular weight excluding hydrogens is 393 g/mol. The Bertz CT molecular complexity index is 734. The second-order valence-corrected chi connectivity index (χ2v) is 8.72. The normalized spacial score (nSPS) is 17.1. The van der Waals surface area contributed by atoms with Gasteiger partial charge < -0.3 is 5.73 Å². The summed E-state index contributed by atoms with van der Waals surface area (Å²) in [7, 11) is -4.19. The van der Waals surface area contributed by atoms with Crippen LogP contribution in [0.25, 0.3) is 0 Å². The number of hydrogen-bond donors (Lipinski definition) is 1. The van der Waals surface area contributed by atoms with E-state index in [1.54, 1.807) is 0 Å². The van der Waals surface area contributed by atoms with Crippen LogP contribution in [0.1, 0.15) is 32.1 Å². The molecule has 0 saturated heterocycles. The van der Waals surface area contributed by atoms with Gasteiger partial charge >= 0.3 is 6.18 Å². The molecule has 1 atom stereocenters. The van der Waals surface area contributed by atoms with Crippen molar-refractivity contribution in [3.8, 4) is 0 Å². The van der Waals surface area contributed by atoms with Gasteiger partial charge in [-0.15, -0.1) is 0 Å². The first-order valence-electron chi connectivity index (χ1n) is 8.14. The minimum absolute atomic E-state index is 0.00446. The topological polar surface area (TPSA) is 80.5 Å². The van der Waals surface area contributed by atoms with E-state index >= 15 is 0 Å². The SMILES string of the molecule is NC(=O)[C@@H](CCC(F)(F)F)N(CC1CCC1)S(=O)(=O)c1ccc(Cl)cc1. The molecule has 2 N–H and O–H groups in total. The highest BCUT2D eigenvalue weighted by Crippen LogP contribution is 2.32. The maximum atomic E-state index is 13.0. The molecule has 1 aromatic carbocycles. The van der Waals surface area contributed by atoms with E-state index in [1.165, 1.54) is 24.3 Å². The summed E-state index contributed by atoms with van der Waals surface area (Å²) in [5.74, 6) is -1.09. The lowest BCUT2D eigenvalue weighted by Gasteiger charge is -2.35. The van der Waals surface area contributed by atoms with E-state index < -0.39 is 41.0 Å².